The van der Waals surface area contributed by atoms with Crippen molar-refractivity contribution in [3.05, 3.63) is 24.3 Å². The molecule has 3 rings (SSSR count). The molecule has 4 unspecified atom stereocenters. The molecule has 0 bridgehead atoms. The molecule has 2 radical (unpaired) electrons. The van der Waals surface area contributed by atoms with E-state index in [2.05, 4.69) is 12.1 Å². The summed E-state index contributed by atoms with van der Waals surface area (Å²) in [4.78, 5) is 11.7. The zero-order chi connectivity index (χ0) is 17.7. The van der Waals surface area contributed by atoms with Crippen molar-refractivity contribution in [1.29, 1.82) is 0 Å². The second-order valence-electron chi connectivity index (χ2n) is 6.71. The third-order valence-corrected chi connectivity index (χ3v) is 5.30. The molecule has 1 aliphatic heterocycles. The zero-order valence-electron chi connectivity index (χ0n) is 15.1. The number of fused-ring (bicyclic) bond motifs is 1. The van der Waals surface area contributed by atoms with Gasteiger partial charge in [0.2, 0.25) is 0 Å². The lowest BCUT2D eigenvalue weighted by Gasteiger charge is -2.26. The first-order valence-corrected chi connectivity index (χ1v) is 8.66. The number of methoxy groups -OCH3 is 2. The molecule has 128 valence electrons. The average Bonchev–Trinajstić information content (AvgIpc) is 3.29. The van der Waals surface area contributed by atoms with Gasteiger partial charge in [0.1, 0.15) is 5.78 Å². The minimum atomic E-state index is -0.178. The van der Waals surface area contributed by atoms with Gasteiger partial charge < -0.3 is 19.6 Å². The van der Waals surface area contributed by atoms with Crippen LogP contribution in [0.2, 0.25) is 24.3 Å². The Kier molecular flexibility index (Phi) is 6.79. The number of rotatable bonds is 5. The van der Waals surface area contributed by atoms with Crippen LogP contribution in [-0.2, 0) is 4.79 Å². The monoisotopic (exact) mass is 327 g/mol. The summed E-state index contributed by atoms with van der Waals surface area (Å²) >= 11 is 0. The zero-order valence-corrected chi connectivity index (χ0v) is 15.1. The van der Waals surface area contributed by atoms with E-state index in [1.165, 1.54) is 6.42 Å². The molecule has 1 N–H and O–H groups in total. The lowest BCUT2D eigenvalue weighted by Crippen LogP contribution is -2.22. The van der Waals surface area contributed by atoms with Gasteiger partial charge in [0.25, 0.3) is 0 Å². The molecule has 1 aromatic rings. The predicted molar refractivity (Wildman–Crippen MR) is 99.8 cm³/mol. The molecule has 2 fully saturated rings. The van der Waals surface area contributed by atoms with E-state index in [4.69, 9.17) is 17.3 Å². The van der Waals surface area contributed by atoms with Crippen molar-refractivity contribution in [2.45, 2.75) is 37.1 Å². The van der Waals surface area contributed by atoms with Crippen molar-refractivity contribution in [2.24, 2.45) is 5.92 Å². The van der Waals surface area contributed by atoms with Gasteiger partial charge in [-0.3, -0.25) is 0 Å². The Morgan fingerprint density at radius 1 is 1.25 bits per heavy atom. The second kappa shape index (κ2) is 8.61. The van der Waals surface area contributed by atoms with E-state index in [1.54, 1.807) is 14.2 Å². The number of Topliss-reactive ketones (excluding diaryl/α,β-unsaturated/α-hetero) is 1. The maximum absolute atomic E-state index is 11.7. The standard InChI is InChI=1S/C10H17B2NO.C8H10O2/c1-12-8-6(3-4-13-2)5-7(11)10(14)9(8)12;1-9-7-5-3-4-6-8(7)10-2/h6-9,13H,3-5H2,1-2H3;3-6H,1-2H3. The lowest BCUT2D eigenvalue weighted by molar-refractivity contribution is -0.119. The number of ketones is 1. The third-order valence-electron chi connectivity index (χ3n) is 5.30. The third kappa shape index (κ3) is 4.15. The van der Waals surface area contributed by atoms with Gasteiger partial charge in [0, 0.05) is 0 Å². The molecule has 0 amide bonds. The molecule has 0 spiro atoms. The van der Waals surface area contributed by atoms with Crippen LogP contribution in [0.1, 0.15) is 12.8 Å². The number of nitrogens with one attached hydrogen (secondary N) is 1. The van der Waals surface area contributed by atoms with Gasteiger partial charge in [-0.25, -0.2) is 0 Å². The van der Waals surface area contributed by atoms with Crippen LogP contribution in [0.4, 0.5) is 0 Å². The van der Waals surface area contributed by atoms with Gasteiger partial charge in [0.15, 0.2) is 18.2 Å². The highest BCUT2D eigenvalue weighted by Gasteiger charge is 2.60. The highest BCUT2D eigenvalue weighted by atomic mass is 16.5. The van der Waals surface area contributed by atoms with E-state index < -0.39 is 0 Å². The van der Waals surface area contributed by atoms with Gasteiger partial charge >= 0.3 is 0 Å². The van der Waals surface area contributed by atoms with Gasteiger partial charge in [-0.05, 0) is 56.1 Å². The highest BCUT2D eigenvalue weighted by Crippen LogP contribution is 2.62. The van der Waals surface area contributed by atoms with E-state index in [9.17, 15) is 4.79 Å². The van der Waals surface area contributed by atoms with E-state index in [0.717, 1.165) is 24.5 Å². The number of carbonyl (C=O) groups excluding carboxylic acids is 1. The van der Waals surface area contributed by atoms with Crippen molar-refractivity contribution >= 4 is 20.3 Å². The molecule has 0 aromatic heterocycles. The molecular weight excluding hydrogens is 300 g/mol. The summed E-state index contributed by atoms with van der Waals surface area (Å²) in [5.41, 5.74) is 0. The van der Waals surface area contributed by atoms with Crippen LogP contribution in [-0.4, -0.2) is 48.2 Å². The van der Waals surface area contributed by atoms with Crippen molar-refractivity contribution in [1.82, 2.24) is 5.32 Å². The van der Waals surface area contributed by atoms with E-state index in [1.807, 2.05) is 31.3 Å². The molecule has 6 heteroatoms. The predicted octanol–water partition coefficient (Wildman–Crippen LogP) is 2.72. The Bertz CT molecular complexity index is 532. The lowest BCUT2D eigenvalue weighted by atomic mass is 9.66. The summed E-state index contributed by atoms with van der Waals surface area (Å²) < 4.78 is 10.0. The fourth-order valence-corrected chi connectivity index (χ4v) is 3.94. The van der Waals surface area contributed by atoms with E-state index >= 15 is 0 Å². The van der Waals surface area contributed by atoms with Crippen LogP contribution in [0.5, 0.6) is 11.5 Å². The maximum Gasteiger partial charge on any atom is 0.160 e. The molecule has 4 nitrogen and oxygen atoms in total. The molecular formula is C18H27B2NO3. The van der Waals surface area contributed by atoms with Gasteiger partial charge in [0.05, 0.1) is 22.1 Å². The van der Waals surface area contributed by atoms with E-state index in [0.29, 0.717) is 30.0 Å². The Balaban J connectivity index is 0.000000185. The Morgan fingerprint density at radius 2 is 1.83 bits per heavy atom. The Hall–Kier alpha value is -1.42. The Morgan fingerprint density at radius 3 is 2.33 bits per heavy atom. The number of para-hydroxylation sites is 2. The summed E-state index contributed by atoms with van der Waals surface area (Å²) in [6, 6.07) is 7.53. The van der Waals surface area contributed by atoms with Gasteiger partial charge in [-0.15, -0.1) is 0 Å². The number of benzene rings is 1. The fourth-order valence-electron chi connectivity index (χ4n) is 3.94. The molecule has 2 aliphatic rings. The first-order chi connectivity index (χ1) is 11.5. The molecule has 4 atom stereocenters. The fraction of sp³-hybridized carbons (Fsp3) is 0.611. The van der Waals surface area contributed by atoms with E-state index in [-0.39, 0.29) is 5.82 Å². The van der Waals surface area contributed by atoms with Gasteiger partial charge in [-0.2, -0.15) is 0 Å². The topological polar surface area (TPSA) is 47.6 Å². The highest BCUT2D eigenvalue weighted by molar-refractivity contribution is 6.78. The van der Waals surface area contributed by atoms with Crippen LogP contribution in [0, 0.1) is 5.92 Å². The van der Waals surface area contributed by atoms with Gasteiger partial charge in [-0.1, -0.05) is 24.8 Å². The van der Waals surface area contributed by atoms with Crippen molar-refractivity contribution in [3.8, 4) is 11.5 Å². The van der Waals surface area contributed by atoms with Crippen molar-refractivity contribution in [3.63, 3.8) is 0 Å². The first-order valence-electron chi connectivity index (χ1n) is 8.66. The van der Waals surface area contributed by atoms with Crippen LogP contribution in [0.3, 0.4) is 0 Å². The largest absolute Gasteiger partial charge is 0.493 e. The molecule has 1 aromatic carbocycles. The normalized spacial score (nSPS) is 27.7. The summed E-state index contributed by atoms with van der Waals surface area (Å²) in [6.07, 6.45) is 2.08. The van der Waals surface area contributed by atoms with Crippen LogP contribution in [0.15, 0.2) is 24.3 Å². The number of carbonyl (C=O) groups is 1. The number of ether oxygens (including phenoxy) is 2. The van der Waals surface area contributed by atoms with Crippen molar-refractivity contribution in [2.75, 3.05) is 27.8 Å². The Labute approximate surface area is 147 Å². The van der Waals surface area contributed by atoms with Crippen LogP contribution in [0.25, 0.3) is 0 Å². The SMILES string of the molecule is COc1ccccc1OC.[B]C1CC(CCNC)C2B(C)C2C1=O. The first kappa shape index (κ1) is 18.9. The van der Waals surface area contributed by atoms with Crippen molar-refractivity contribution < 1.29 is 14.3 Å². The van der Waals surface area contributed by atoms with Crippen LogP contribution >= 0.6 is 0 Å². The maximum atomic E-state index is 11.7. The summed E-state index contributed by atoms with van der Waals surface area (Å²) in [6.45, 7) is 3.83. The molecule has 1 heterocycles. The average molecular weight is 327 g/mol. The minimum absolute atomic E-state index is 0.178. The summed E-state index contributed by atoms with van der Waals surface area (Å²) in [5.74, 6) is 3.31. The molecule has 24 heavy (non-hydrogen) atoms. The molecule has 1 aliphatic carbocycles. The van der Waals surface area contributed by atoms with Crippen LogP contribution < -0.4 is 14.8 Å². The summed E-state index contributed by atoms with van der Waals surface area (Å²) in [5, 5.41) is 3.17. The smallest absolute Gasteiger partial charge is 0.160 e. The summed E-state index contributed by atoms with van der Waals surface area (Å²) in [7, 11) is 11.1. The number of hydrogen-bond acceptors (Lipinski definition) is 4. The molecule has 1 saturated heterocycles. The quantitative estimate of drug-likeness (QED) is 0.845. The number of hydrogen-bond donors (Lipinski definition) is 1. The second-order valence-corrected chi connectivity index (χ2v) is 6.71. The minimum Gasteiger partial charge on any atom is -0.493 e. The molecule has 1 saturated carbocycles.